The van der Waals surface area contributed by atoms with Gasteiger partial charge in [-0.05, 0) is 22.7 Å². The van der Waals surface area contributed by atoms with Crippen LogP contribution in [0, 0.1) is 0 Å². The summed E-state index contributed by atoms with van der Waals surface area (Å²) in [6, 6.07) is 11.8. The Balaban J connectivity index is 2.41. The molecule has 0 radical (unpaired) electrons. The Morgan fingerprint density at radius 3 is 2.88 bits per heavy atom. The number of aromatic nitrogens is 3. The van der Waals surface area contributed by atoms with E-state index in [2.05, 4.69) is 21.5 Å². The van der Waals surface area contributed by atoms with E-state index in [9.17, 15) is 0 Å². The summed E-state index contributed by atoms with van der Waals surface area (Å²) in [5, 5.41) is 14.9. The Morgan fingerprint density at radius 1 is 0.941 bits per heavy atom. The van der Waals surface area contributed by atoms with Gasteiger partial charge in [0.1, 0.15) is 16.6 Å². The fourth-order valence-electron chi connectivity index (χ4n) is 2.17. The lowest BCUT2D eigenvalue weighted by Crippen LogP contribution is -1.79. The fourth-order valence-corrected chi connectivity index (χ4v) is 2.17. The van der Waals surface area contributed by atoms with E-state index in [0.717, 1.165) is 32.8 Å². The zero-order valence-corrected chi connectivity index (χ0v) is 8.79. The molecule has 0 aliphatic carbocycles. The van der Waals surface area contributed by atoms with Crippen LogP contribution in [0.25, 0.3) is 32.8 Å². The minimum absolute atomic E-state index is 0.794. The monoisotopic (exact) mass is 221 g/mol. The number of hydrogen-bond donors (Lipinski definition) is 0. The largest absolute Gasteiger partial charge is 0.464 e. The number of fused-ring (bicyclic) bond motifs is 5. The quantitative estimate of drug-likeness (QED) is 0.428. The molecular formula is C13H7N3O. The van der Waals surface area contributed by atoms with Gasteiger partial charge in [-0.3, -0.25) is 0 Å². The second-order valence-corrected chi connectivity index (χ2v) is 3.92. The van der Waals surface area contributed by atoms with Gasteiger partial charge in [-0.2, -0.15) is 0 Å². The summed E-state index contributed by atoms with van der Waals surface area (Å²) >= 11 is 0. The fraction of sp³-hybridized carbons (Fsp3) is 0. The minimum Gasteiger partial charge on any atom is -0.464 e. The van der Waals surface area contributed by atoms with E-state index in [0.29, 0.717) is 0 Å². The molecule has 0 bridgehead atoms. The van der Waals surface area contributed by atoms with Crippen molar-refractivity contribution in [1.29, 1.82) is 0 Å². The molecule has 4 aromatic rings. The van der Waals surface area contributed by atoms with Gasteiger partial charge in [0, 0.05) is 5.39 Å². The smallest absolute Gasteiger partial charge is 0.136 e. The van der Waals surface area contributed by atoms with Crippen molar-refractivity contribution in [2.75, 3.05) is 0 Å². The van der Waals surface area contributed by atoms with Gasteiger partial charge in [-0.1, -0.05) is 24.3 Å². The van der Waals surface area contributed by atoms with E-state index in [1.54, 1.807) is 6.26 Å². The lowest BCUT2D eigenvalue weighted by molar-refractivity contribution is 0.611. The van der Waals surface area contributed by atoms with Crippen molar-refractivity contribution in [3.05, 3.63) is 42.7 Å². The molecule has 0 saturated carbocycles. The van der Waals surface area contributed by atoms with E-state index < -0.39 is 0 Å². The molecule has 0 amide bonds. The molecule has 0 spiro atoms. The number of benzene rings is 2. The summed E-state index contributed by atoms with van der Waals surface area (Å²) in [6.45, 7) is 0. The molecule has 2 aromatic heterocycles. The van der Waals surface area contributed by atoms with Crippen molar-refractivity contribution in [2.24, 2.45) is 0 Å². The van der Waals surface area contributed by atoms with Gasteiger partial charge in [0.15, 0.2) is 0 Å². The molecule has 4 rings (SSSR count). The van der Waals surface area contributed by atoms with Crippen molar-refractivity contribution >= 4 is 32.8 Å². The average molecular weight is 221 g/mol. The van der Waals surface area contributed by atoms with E-state index in [-0.39, 0.29) is 0 Å². The first kappa shape index (κ1) is 8.64. The van der Waals surface area contributed by atoms with Crippen molar-refractivity contribution in [3.8, 4) is 0 Å². The van der Waals surface area contributed by atoms with Crippen molar-refractivity contribution in [1.82, 2.24) is 15.4 Å². The van der Waals surface area contributed by atoms with Gasteiger partial charge in [0.05, 0.1) is 11.6 Å². The molecule has 4 nitrogen and oxygen atoms in total. The Labute approximate surface area is 95.9 Å². The molecule has 17 heavy (non-hydrogen) atoms. The zero-order valence-electron chi connectivity index (χ0n) is 8.79. The first-order valence-corrected chi connectivity index (χ1v) is 5.31. The molecule has 2 aromatic carbocycles. The Morgan fingerprint density at radius 2 is 1.88 bits per heavy atom. The molecule has 0 fully saturated rings. The van der Waals surface area contributed by atoms with Crippen molar-refractivity contribution in [3.63, 3.8) is 0 Å². The highest BCUT2D eigenvalue weighted by Crippen LogP contribution is 2.29. The van der Waals surface area contributed by atoms with Gasteiger partial charge in [-0.25, -0.2) is 0 Å². The highest BCUT2D eigenvalue weighted by Gasteiger charge is 2.09. The molecule has 0 saturated heterocycles. The predicted octanol–water partition coefficient (Wildman–Crippen LogP) is 2.92. The van der Waals surface area contributed by atoms with Crippen LogP contribution in [0.4, 0.5) is 0 Å². The van der Waals surface area contributed by atoms with Crippen LogP contribution in [0.1, 0.15) is 0 Å². The van der Waals surface area contributed by atoms with Gasteiger partial charge < -0.3 is 4.42 Å². The SMILES string of the molecule is c1ccc2c(c1)coc1ccc3nnnc3c12. The van der Waals surface area contributed by atoms with Crippen molar-refractivity contribution in [2.45, 2.75) is 0 Å². The second kappa shape index (κ2) is 3.01. The Kier molecular flexibility index (Phi) is 1.53. The van der Waals surface area contributed by atoms with Crippen LogP contribution in [-0.2, 0) is 0 Å². The Hall–Kier alpha value is -2.49. The van der Waals surface area contributed by atoms with E-state index >= 15 is 0 Å². The predicted molar refractivity (Wildman–Crippen MR) is 64.6 cm³/mol. The van der Waals surface area contributed by atoms with E-state index in [1.807, 2.05) is 30.3 Å². The minimum atomic E-state index is 0.794. The van der Waals surface area contributed by atoms with Crippen LogP contribution in [0.2, 0.25) is 0 Å². The summed E-state index contributed by atoms with van der Waals surface area (Å²) < 4.78 is 5.61. The first-order valence-electron chi connectivity index (χ1n) is 5.31. The number of hydrogen-bond acceptors (Lipinski definition) is 4. The molecule has 80 valence electrons. The molecule has 4 heteroatoms. The maximum atomic E-state index is 5.61. The van der Waals surface area contributed by atoms with Crippen LogP contribution in [0.15, 0.2) is 47.1 Å². The highest BCUT2D eigenvalue weighted by molar-refractivity contribution is 6.15. The third kappa shape index (κ3) is 1.09. The molecule has 2 heterocycles. The highest BCUT2D eigenvalue weighted by atomic mass is 16.3. The van der Waals surface area contributed by atoms with Gasteiger partial charge in [0.25, 0.3) is 0 Å². The summed E-state index contributed by atoms with van der Waals surface area (Å²) in [7, 11) is 0. The standard InChI is InChI=1S/C13H7N3O/c1-2-4-9-8(3-1)7-17-11-6-5-10-13(12(9)11)15-16-14-10/h1-7H. The van der Waals surface area contributed by atoms with Crippen molar-refractivity contribution < 1.29 is 4.42 Å². The number of rotatable bonds is 0. The lowest BCUT2D eigenvalue weighted by Gasteiger charge is -2.02. The second-order valence-electron chi connectivity index (χ2n) is 3.92. The molecule has 0 atom stereocenters. The van der Waals surface area contributed by atoms with Gasteiger partial charge >= 0.3 is 0 Å². The summed E-state index contributed by atoms with van der Waals surface area (Å²) in [5.41, 5.74) is 2.39. The Bertz CT molecular complexity index is 851. The molecule has 0 aliphatic rings. The third-order valence-electron chi connectivity index (χ3n) is 2.96. The van der Waals surface area contributed by atoms with Crippen LogP contribution >= 0.6 is 0 Å². The first-order chi connectivity index (χ1) is 8.43. The lowest BCUT2D eigenvalue weighted by atomic mass is 10.1. The van der Waals surface area contributed by atoms with Crippen LogP contribution < -0.4 is 0 Å². The summed E-state index contributed by atoms with van der Waals surface area (Å²) in [4.78, 5) is 0. The van der Waals surface area contributed by atoms with E-state index in [1.165, 1.54) is 0 Å². The van der Waals surface area contributed by atoms with Crippen LogP contribution in [0.3, 0.4) is 0 Å². The molecule has 0 unspecified atom stereocenters. The molecule has 0 aliphatic heterocycles. The molecular weight excluding hydrogens is 214 g/mol. The van der Waals surface area contributed by atoms with Gasteiger partial charge in [0.2, 0.25) is 0 Å². The van der Waals surface area contributed by atoms with Crippen LogP contribution in [-0.4, -0.2) is 15.4 Å². The topological polar surface area (TPSA) is 51.8 Å². The van der Waals surface area contributed by atoms with Gasteiger partial charge in [-0.15, -0.1) is 10.2 Å². The summed E-state index contributed by atoms with van der Waals surface area (Å²) in [5.74, 6) is 0. The third-order valence-corrected chi connectivity index (χ3v) is 2.96. The molecule has 0 N–H and O–H groups in total. The van der Waals surface area contributed by atoms with E-state index in [4.69, 9.17) is 4.42 Å². The maximum absolute atomic E-state index is 5.61. The maximum Gasteiger partial charge on any atom is 0.136 e. The number of nitrogens with zero attached hydrogens (tertiary/aromatic N) is 3. The summed E-state index contributed by atoms with van der Waals surface area (Å²) in [6.07, 6.45) is 1.76. The normalized spacial score (nSPS) is 11.5. The van der Waals surface area contributed by atoms with Crippen LogP contribution in [0.5, 0.6) is 0 Å². The average Bonchev–Trinajstić information content (AvgIpc) is 2.86. The zero-order chi connectivity index (χ0) is 11.2.